The average molecular weight is 454 g/mol. The van der Waals surface area contributed by atoms with E-state index in [2.05, 4.69) is 26.3 Å². The summed E-state index contributed by atoms with van der Waals surface area (Å²) in [5.41, 5.74) is 0. The number of ether oxygens (including phenoxy) is 2. The number of benzene rings is 1. The van der Waals surface area contributed by atoms with E-state index in [-0.39, 0.29) is 23.8 Å². The molecule has 1 N–H and O–H groups in total. The molecule has 1 saturated carbocycles. The first-order valence-electron chi connectivity index (χ1n) is 10.2. The number of piperidine rings is 1. The molecule has 2 atom stereocenters. The predicted octanol–water partition coefficient (Wildman–Crippen LogP) is 4.29. The molecule has 0 amide bonds. The van der Waals surface area contributed by atoms with E-state index >= 15 is 0 Å². The second kappa shape index (κ2) is 8.37. The maximum atomic E-state index is 14.0. The standard InChI is InChI=1S/C20H22F4N6O2/c1-11(2)30-19(31-14-5-6-16(15(21)7-14)32-20(22,23)24)27-18(28-30)26-17-12-3-4-13(17)9-29(8-12)10-25/h5-7,11-13,17H,3-4,8-9H2,1-2H3,(H,26,28). The van der Waals surface area contributed by atoms with Gasteiger partial charge < -0.3 is 19.7 Å². The highest BCUT2D eigenvalue weighted by Gasteiger charge is 2.42. The third kappa shape index (κ3) is 4.66. The summed E-state index contributed by atoms with van der Waals surface area (Å²) in [5, 5.41) is 17.0. The average Bonchev–Trinajstić information content (AvgIpc) is 3.19. The van der Waals surface area contributed by atoms with Crippen LogP contribution in [0, 0.1) is 29.1 Å². The number of nitrogens with zero attached hydrogens (tertiary/aromatic N) is 5. The minimum Gasteiger partial charge on any atom is -0.424 e. The van der Waals surface area contributed by atoms with Gasteiger partial charge in [-0.1, -0.05) is 0 Å². The largest absolute Gasteiger partial charge is 0.573 e. The molecule has 0 spiro atoms. The van der Waals surface area contributed by atoms with Crippen molar-refractivity contribution in [2.24, 2.45) is 11.8 Å². The molecule has 32 heavy (non-hydrogen) atoms. The highest BCUT2D eigenvalue weighted by Crippen LogP contribution is 2.38. The van der Waals surface area contributed by atoms with Gasteiger partial charge in [0.1, 0.15) is 5.75 Å². The number of hydrogen-bond acceptors (Lipinski definition) is 7. The van der Waals surface area contributed by atoms with Crippen LogP contribution in [0.15, 0.2) is 18.2 Å². The number of nitriles is 1. The Balaban J connectivity index is 1.51. The Labute approximate surface area is 181 Å². The second-order valence-corrected chi connectivity index (χ2v) is 8.27. The lowest BCUT2D eigenvalue weighted by Crippen LogP contribution is -2.46. The topological polar surface area (TPSA) is 88.2 Å². The molecule has 2 fully saturated rings. The second-order valence-electron chi connectivity index (χ2n) is 8.27. The number of nitrogens with one attached hydrogen (secondary N) is 1. The monoisotopic (exact) mass is 454 g/mol. The van der Waals surface area contributed by atoms with E-state index in [1.807, 2.05) is 13.8 Å². The van der Waals surface area contributed by atoms with Crippen LogP contribution < -0.4 is 14.8 Å². The Morgan fingerprint density at radius 1 is 1.22 bits per heavy atom. The molecule has 8 nitrogen and oxygen atoms in total. The zero-order valence-electron chi connectivity index (χ0n) is 17.4. The Kier molecular flexibility index (Phi) is 5.75. The molecule has 2 heterocycles. The number of aromatic nitrogens is 3. The van der Waals surface area contributed by atoms with Gasteiger partial charge in [0.05, 0.1) is 6.04 Å². The number of rotatable bonds is 6. The van der Waals surface area contributed by atoms with Gasteiger partial charge in [0.25, 0.3) is 0 Å². The van der Waals surface area contributed by atoms with E-state index in [9.17, 15) is 22.8 Å². The fourth-order valence-corrected chi connectivity index (χ4v) is 4.32. The van der Waals surface area contributed by atoms with Crippen molar-refractivity contribution in [2.75, 3.05) is 18.4 Å². The molecular weight excluding hydrogens is 432 g/mol. The van der Waals surface area contributed by atoms with E-state index in [1.165, 1.54) is 4.68 Å². The summed E-state index contributed by atoms with van der Waals surface area (Å²) in [6.45, 7) is 5.09. The van der Waals surface area contributed by atoms with Gasteiger partial charge in [-0.05, 0) is 50.7 Å². The van der Waals surface area contributed by atoms with Crippen molar-refractivity contribution in [3.63, 3.8) is 0 Å². The zero-order valence-corrected chi connectivity index (χ0v) is 17.4. The van der Waals surface area contributed by atoms with Gasteiger partial charge in [0.2, 0.25) is 5.95 Å². The molecule has 1 aromatic heterocycles. The lowest BCUT2D eigenvalue weighted by Gasteiger charge is -2.35. The number of likely N-dealkylation sites (tertiary alicyclic amines) is 1. The fourth-order valence-electron chi connectivity index (χ4n) is 4.32. The summed E-state index contributed by atoms with van der Waals surface area (Å²) in [7, 11) is 0. The smallest absolute Gasteiger partial charge is 0.424 e. The van der Waals surface area contributed by atoms with Crippen LogP contribution >= 0.6 is 0 Å². The van der Waals surface area contributed by atoms with E-state index in [0.29, 0.717) is 30.9 Å². The minimum absolute atomic E-state index is 0.0414. The molecule has 1 aromatic carbocycles. The highest BCUT2D eigenvalue weighted by atomic mass is 19.4. The first kappa shape index (κ1) is 22.0. The summed E-state index contributed by atoms with van der Waals surface area (Å²) < 4.78 is 61.8. The maximum Gasteiger partial charge on any atom is 0.573 e. The molecule has 2 aliphatic rings. The van der Waals surface area contributed by atoms with Crippen molar-refractivity contribution >= 4 is 5.95 Å². The van der Waals surface area contributed by atoms with Gasteiger partial charge in [0.15, 0.2) is 17.8 Å². The summed E-state index contributed by atoms with van der Waals surface area (Å²) >= 11 is 0. The lowest BCUT2D eigenvalue weighted by molar-refractivity contribution is -0.275. The molecule has 12 heteroatoms. The van der Waals surface area contributed by atoms with Crippen molar-refractivity contribution in [1.29, 1.82) is 5.26 Å². The molecular formula is C20H22F4N6O2. The number of fused-ring (bicyclic) bond motifs is 2. The Bertz CT molecular complexity index is 1000. The van der Waals surface area contributed by atoms with E-state index < -0.39 is 17.9 Å². The van der Waals surface area contributed by atoms with Crippen molar-refractivity contribution in [2.45, 2.75) is 45.1 Å². The van der Waals surface area contributed by atoms with Crippen LogP contribution in [0.4, 0.5) is 23.5 Å². The molecule has 1 saturated heterocycles. The summed E-state index contributed by atoms with van der Waals surface area (Å²) in [4.78, 5) is 6.15. The molecule has 4 rings (SSSR count). The van der Waals surface area contributed by atoms with Gasteiger partial charge in [-0.15, -0.1) is 18.3 Å². The molecule has 1 aliphatic heterocycles. The molecule has 2 bridgehead atoms. The van der Waals surface area contributed by atoms with Gasteiger partial charge in [0, 0.05) is 25.2 Å². The number of halogens is 4. The summed E-state index contributed by atoms with van der Waals surface area (Å²) in [6, 6.07) is 2.87. The van der Waals surface area contributed by atoms with E-state index in [0.717, 1.165) is 31.0 Å². The number of hydrogen-bond donors (Lipinski definition) is 1. The van der Waals surface area contributed by atoms with Crippen LogP contribution in [0.25, 0.3) is 0 Å². The van der Waals surface area contributed by atoms with Gasteiger partial charge in [-0.3, -0.25) is 0 Å². The molecule has 2 aromatic rings. The van der Waals surface area contributed by atoms with Crippen LogP contribution in [0.2, 0.25) is 0 Å². The predicted molar refractivity (Wildman–Crippen MR) is 104 cm³/mol. The van der Waals surface area contributed by atoms with Crippen molar-refractivity contribution in [1.82, 2.24) is 19.7 Å². The normalized spacial score (nSPS) is 22.7. The summed E-state index contributed by atoms with van der Waals surface area (Å²) in [5.74, 6) is -1.25. The van der Waals surface area contributed by atoms with E-state index in [4.69, 9.17) is 4.74 Å². The fraction of sp³-hybridized carbons (Fsp3) is 0.550. The zero-order chi connectivity index (χ0) is 23.0. The third-order valence-electron chi connectivity index (χ3n) is 5.70. The Morgan fingerprint density at radius 3 is 2.47 bits per heavy atom. The molecule has 172 valence electrons. The minimum atomic E-state index is -5.00. The first-order valence-corrected chi connectivity index (χ1v) is 10.2. The lowest BCUT2D eigenvalue weighted by atomic mass is 9.92. The van der Waals surface area contributed by atoms with Crippen LogP contribution in [-0.2, 0) is 0 Å². The highest BCUT2D eigenvalue weighted by molar-refractivity contribution is 5.36. The maximum absolute atomic E-state index is 14.0. The Morgan fingerprint density at radius 2 is 1.91 bits per heavy atom. The van der Waals surface area contributed by atoms with Crippen molar-refractivity contribution < 1.29 is 27.0 Å². The first-order chi connectivity index (χ1) is 15.1. The van der Waals surface area contributed by atoms with Crippen molar-refractivity contribution in [3.05, 3.63) is 24.0 Å². The van der Waals surface area contributed by atoms with Gasteiger partial charge >= 0.3 is 12.4 Å². The van der Waals surface area contributed by atoms with Gasteiger partial charge in [-0.2, -0.15) is 10.2 Å². The summed E-state index contributed by atoms with van der Waals surface area (Å²) in [6.07, 6.45) is -0.753. The van der Waals surface area contributed by atoms with Crippen LogP contribution in [0.5, 0.6) is 17.5 Å². The van der Waals surface area contributed by atoms with Crippen LogP contribution in [-0.4, -0.2) is 45.2 Å². The SMILES string of the molecule is CC(C)n1nc(NC2C3CCC2CN(C#N)C3)nc1Oc1ccc(OC(F)(F)F)c(F)c1. The molecule has 1 aliphatic carbocycles. The van der Waals surface area contributed by atoms with Gasteiger partial charge in [-0.25, -0.2) is 9.07 Å². The van der Waals surface area contributed by atoms with Crippen molar-refractivity contribution in [3.8, 4) is 23.7 Å². The number of anilines is 1. The van der Waals surface area contributed by atoms with E-state index in [1.54, 1.807) is 4.90 Å². The number of alkyl halides is 3. The van der Waals surface area contributed by atoms with Crippen LogP contribution in [0.1, 0.15) is 32.7 Å². The quantitative estimate of drug-likeness (QED) is 0.515. The molecule has 2 unspecified atom stereocenters. The molecule has 0 radical (unpaired) electrons. The third-order valence-corrected chi connectivity index (χ3v) is 5.70. The van der Waals surface area contributed by atoms with Crippen LogP contribution in [0.3, 0.4) is 0 Å². The Hall–Kier alpha value is -3.23.